The second-order valence-corrected chi connectivity index (χ2v) is 6.72. The van der Waals surface area contributed by atoms with E-state index in [1.807, 2.05) is 4.90 Å². The molecular weight excluding hydrogens is 276 g/mol. The minimum absolute atomic E-state index is 0.0487. The van der Waals surface area contributed by atoms with Gasteiger partial charge in [0.2, 0.25) is 0 Å². The maximum Gasteiger partial charge on any atom is 0.265 e. The van der Waals surface area contributed by atoms with Crippen LogP contribution in [-0.2, 0) is 9.47 Å². The largest absolute Gasteiger partial charge is 0.346 e. The Kier molecular flexibility index (Phi) is 3.79. The van der Waals surface area contributed by atoms with Crippen LogP contribution < -0.4 is 0 Å². The fourth-order valence-corrected chi connectivity index (χ4v) is 3.59. The molecule has 0 bridgehead atoms. The van der Waals surface area contributed by atoms with Crippen molar-refractivity contribution >= 4 is 17.2 Å². The molecule has 110 valence electrons. The number of amides is 1. The lowest BCUT2D eigenvalue weighted by molar-refractivity contribution is -0.183. The SMILES string of the molecule is CC(C)c1ncc(C(=O)N2CCCC3(C2)OCCO3)s1. The zero-order valence-corrected chi connectivity index (χ0v) is 12.7. The summed E-state index contributed by atoms with van der Waals surface area (Å²) >= 11 is 1.49. The van der Waals surface area contributed by atoms with E-state index in [1.165, 1.54) is 11.3 Å². The van der Waals surface area contributed by atoms with Crippen LogP contribution in [0.1, 0.15) is 47.3 Å². The molecule has 2 aliphatic heterocycles. The van der Waals surface area contributed by atoms with Gasteiger partial charge in [-0.05, 0) is 6.42 Å². The Morgan fingerprint density at radius 1 is 1.45 bits per heavy atom. The average Bonchev–Trinajstić information content (AvgIpc) is 3.08. The van der Waals surface area contributed by atoms with Crippen LogP contribution in [0.2, 0.25) is 0 Å². The van der Waals surface area contributed by atoms with Crippen LogP contribution in [-0.4, -0.2) is 47.9 Å². The third kappa shape index (κ3) is 2.60. The molecule has 20 heavy (non-hydrogen) atoms. The van der Waals surface area contributed by atoms with Crippen molar-refractivity contribution in [2.24, 2.45) is 0 Å². The van der Waals surface area contributed by atoms with Gasteiger partial charge in [0.1, 0.15) is 4.88 Å². The number of ether oxygens (including phenoxy) is 2. The van der Waals surface area contributed by atoms with Crippen molar-refractivity contribution in [1.82, 2.24) is 9.88 Å². The fraction of sp³-hybridized carbons (Fsp3) is 0.714. The third-order valence-electron chi connectivity index (χ3n) is 3.75. The molecule has 0 unspecified atom stereocenters. The van der Waals surface area contributed by atoms with E-state index in [1.54, 1.807) is 6.20 Å². The Balaban J connectivity index is 1.72. The van der Waals surface area contributed by atoms with E-state index in [9.17, 15) is 4.79 Å². The van der Waals surface area contributed by atoms with Crippen molar-refractivity contribution in [1.29, 1.82) is 0 Å². The van der Waals surface area contributed by atoms with Crippen LogP contribution in [0.5, 0.6) is 0 Å². The van der Waals surface area contributed by atoms with E-state index in [0.717, 1.165) is 24.4 Å². The Hall–Kier alpha value is -0.980. The van der Waals surface area contributed by atoms with Crippen LogP contribution in [0, 0.1) is 0 Å². The molecule has 0 radical (unpaired) electrons. The Morgan fingerprint density at radius 2 is 2.20 bits per heavy atom. The van der Waals surface area contributed by atoms with Gasteiger partial charge in [0.05, 0.1) is 31.0 Å². The van der Waals surface area contributed by atoms with E-state index in [2.05, 4.69) is 18.8 Å². The maximum absolute atomic E-state index is 12.6. The molecule has 6 heteroatoms. The number of nitrogens with zero attached hydrogens (tertiary/aromatic N) is 2. The smallest absolute Gasteiger partial charge is 0.265 e. The molecule has 1 aromatic rings. The zero-order chi connectivity index (χ0) is 14.2. The normalized spacial score (nSPS) is 21.9. The second-order valence-electron chi connectivity index (χ2n) is 5.66. The summed E-state index contributed by atoms with van der Waals surface area (Å²) in [7, 11) is 0. The molecule has 5 nitrogen and oxygen atoms in total. The van der Waals surface area contributed by atoms with Gasteiger partial charge in [-0.3, -0.25) is 4.79 Å². The summed E-state index contributed by atoms with van der Waals surface area (Å²) in [4.78, 5) is 19.4. The predicted octanol–water partition coefficient (Wildman–Crippen LogP) is 2.25. The standard InChI is InChI=1S/C14H20N2O3S/c1-10(2)12-15-8-11(20-12)13(17)16-5-3-4-14(9-16)18-6-7-19-14/h8,10H,3-7,9H2,1-2H3. The Morgan fingerprint density at radius 3 is 2.85 bits per heavy atom. The summed E-state index contributed by atoms with van der Waals surface area (Å²) in [6.45, 7) is 6.72. The first-order valence-corrected chi connectivity index (χ1v) is 7.94. The van der Waals surface area contributed by atoms with Crippen molar-refractivity contribution in [3.8, 4) is 0 Å². The highest BCUT2D eigenvalue weighted by Crippen LogP contribution is 2.31. The topological polar surface area (TPSA) is 51.7 Å². The Bertz CT molecular complexity index is 494. The minimum atomic E-state index is -0.556. The average molecular weight is 296 g/mol. The van der Waals surface area contributed by atoms with E-state index in [-0.39, 0.29) is 5.91 Å². The van der Waals surface area contributed by atoms with Gasteiger partial charge in [0, 0.05) is 18.9 Å². The van der Waals surface area contributed by atoms with Gasteiger partial charge >= 0.3 is 0 Å². The molecule has 0 aliphatic carbocycles. The summed E-state index contributed by atoms with van der Waals surface area (Å²) in [5.74, 6) is -0.150. The third-order valence-corrected chi connectivity index (χ3v) is 5.03. The fourth-order valence-electron chi connectivity index (χ4n) is 2.70. The van der Waals surface area contributed by atoms with Crippen LogP contribution >= 0.6 is 11.3 Å². The summed E-state index contributed by atoms with van der Waals surface area (Å²) in [6.07, 6.45) is 3.48. The highest BCUT2D eigenvalue weighted by molar-refractivity contribution is 7.13. The first-order valence-electron chi connectivity index (χ1n) is 7.12. The van der Waals surface area contributed by atoms with Gasteiger partial charge in [-0.25, -0.2) is 4.98 Å². The van der Waals surface area contributed by atoms with Gasteiger partial charge < -0.3 is 14.4 Å². The van der Waals surface area contributed by atoms with E-state index in [4.69, 9.17) is 9.47 Å². The van der Waals surface area contributed by atoms with E-state index < -0.39 is 5.79 Å². The Labute approximate surface area is 122 Å². The molecule has 2 saturated heterocycles. The number of rotatable bonds is 2. The quantitative estimate of drug-likeness (QED) is 0.840. The molecule has 0 aromatic carbocycles. The molecule has 0 saturated carbocycles. The summed E-state index contributed by atoms with van der Waals surface area (Å²) in [6, 6.07) is 0. The molecule has 1 aromatic heterocycles. The lowest BCUT2D eigenvalue weighted by Crippen LogP contribution is -2.50. The highest BCUT2D eigenvalue weighted by atomic mass is 32.1. The van der Waals surface area contributed by atoms with E-state index >= 15 is 0 Å². The van der Waals surface area contributed by atoms with Gasteiger partial charge in [0.25, 0.3) is 5.91 Å². The number of likely N-dealkylation sites (tertiary alicyclic amines) is 1. The first-order chi connectivity index (χ1) is 9.60. The molecule has 2 aliphatic rings. The molecule has 2 fully saturated rings. The molecule has 1 spiro atoms. The van der Waals surface area contributed by atoms with Gasteiger partial charge in [0.15, 0.2) is 5.79 Å². The summed E-state index contributed by atoms with van der Waals surface area (Å²) < 4.78 is 11.4. The number of carbonyl (C=O) groups is 1. The van der Waals surface area contributed by atoms with Gasteiger partial charge in [-0.15, -0.1) is 11.3 Å². The summed E-state index contributed by atoms with van der Waals surface area (Å²) in [5.41, 5.74) is 0. The predicted molar refractivity (Wildman–Crippen MR) is 76.0 cm³/mol. The van der Waals surface area contributed by atoms with Crippen LogP contribution in [0.3, 0.4) is 0 Å². The number of thiazole rings is 1. The lowest BCUT2D eigenvalue weighted by atomic mass is 10.0. The van der Waals surface area contributed by atoms with E-state index in [0.29, 0.717) is 30.6 Å². The molecule has 0 atom stereocenters. The molecule has 0 N–H and O–H groups in total. The number of piperidine rings is 1. The molecular formula is C14H20N2O3S. The second kappa shape index (κ2) is 5.42. The monoisotopic (exact) mass is 296 g/mol. The van der Waals surface area contributed by atoms with Gasteiger partial charge in [-0.2, -0.15) is 0 Å². The van der Waals surface area contributed by atoms with Crippen molar-refractivity contribution in [2.45, 2.75) is 38.4 Å². The first kappa shape index (κ1) is 14.0. The zero-order valence-electron chi connectivity index (χ0n) is 11.9. The van der Waals surface area contributed by atoms with Crippen molar-refractivity contribution in [3.63, 3.8) is 0 Å². The summed E-state index contributed by atoms with van der Waals surface area (Å²) in [5, 5.41) is 1.01. The van der Waals surface area contributed by atoms with Gasteiger partial charge in [-0.1, -0.05) is 13.8 Å². The highest BCUT2D eigenvalue weighted by Gasteiger charge is 2.42. The van der Waals surface area contributed by atoms with Crippen molar-refractivity contribution in [2.75, 3.05) is 26.3 Å². The van der Waals surface area contributed by atoms with Crippen molar-refractivity contribution in [3.05, 3.63) is 16.1 Å². The maximum atomic E-state index is 12.6. The minimum Gasteiger partial charge on any atom is -0.346 e. The number of carbonyl (C=O) groups excluding carboxylic acids is 1. The van der Waals surface area contributed by atoms with Crippen molar-refractivity contribution < 1.29 is 14.3 Å². The molecule has 1 amide bonds. The number of aromatic nitrogens is 1. The number of hydrogen-bond acceptors (Lipinski definition) is 5. The van der Waals surface area contributed by atoms with Crippen LogP contribution in [0.4, 0.5) is 0 Å². The van der Waals surface area contributed by atoms with Crippen LogP contribution in [0.25, 0.3) is 0 Å². The molecule has 3 rings (SSSR count). The lowest BCUT2D eigenvalue weighted by Gasteiger charge is -2.38. The molecule has 3 heterocycles. The van der Waals surface area contributed by atoms with Crippen LogP contribution in [0.15, 0.2) is 6.20 Å². The number of hydrogen-bond donors (Lipinski definition) is 0.